The number of aromatic nitrogens is 1. The molecule has 1 aliphatic heterocycles. The zero-order valence-corrected chi connectivity index (χ0v) is 12.7. The van der Waals surface area contributed by atoms with Gasteiger partial charge in [-0.1, -0.05) is 22.9 Å². The highest BCUT2D eigenvalue weighted by Gasteiger charge is 2.35. The summed E-state index contributed by atoms with van der Waals surface area (Å²) in [6.07, 6.45) is 5.72. The molecule has 4 nitrogen and oxygen atoms in total. The summed E-state index contributed by atoms with van der Waals surface area (Å²) in [6.45, 7) is 2.66. The number of pyridine rings is 1. The smallest absolute Gasteiger partial charge is 0.244 e. The first kappa shape index (κ1) is 14.0. The third kappa shape index (κ3) is 2.92. The second kappa shape index (κ2) is 5.67. The van der Waals surface area contributed by atoms with Crippen LogP contribution in [0.25, 0.3) is 0 Å². The molecular formula is C12H17BrN2O2S. The quantitative estimate of drug-likeness (QED) is 0.795. The monoisotopic (exact) mass is 332 g/mol. The molecule has 1 aliphatic rings. The number of hydrogen-bond acceptors (Lipinski definition) is 3. The Morgan fingerprint density at radius 3 is 3.00 bits per heavy atom. The molecule has 0 amide bonds. The molecule has 0 N–H and O–H groups in total. The van der Waals surface area contributed by atoms with Crippen LogP contribution in [0.15, 0.2) is 29.4 Å². The molecular weight excluding hydrogens is 316 g/mol. The largest absolute Gasteiger partial charge is 0.263 e. The number of halogens is 1. The summed E-state index contributed by atoms with van der Waals surface area (Å²) < 4.78 is 26.6. The SMILES string of the molecule is CC(Br)CC1CCCN1S(=O)(=O)c1cccnc1. The maximum Gasteiger partial charge on any atom is 0.244 e. The number of alkyl halides is 1. The van der Waals surface area contributed by atoms with E-state index in [0.717, 1.165) is 19.3 Å². The fourth-order valence-electron chi connectivity index (χ4n) is 2.37. The lowest BCUT2D eigenvalue weighted by molar-refractivity contribution is 0.371. The second-order valence-electron chi connectivity index (χ2n) is 4.62. The molecule has 1 aromatic heterocycles. The molecule has 2 heterocycles. The van der Waals surface area contributed by atoms with E-state index in [1.54, 1.807) is 22.6 Å². The number of sulfonamides is 1. The maximum atomic E-state index is 12.5. The maximum absolute atomic E-state index is 12.5. The fourth-order valence-corrected chi connectivity index (χ4v) is 4.47. The van der Waals surface area contributed by atoms with Gasteiger partial charge in [-0.2, -0.15) is 4.31 Å². The Morgan fingerprint density at radius 1 is 1.61 bits per heavy atom. The van der Waals surface area contributed by atoms with Gasteiger partial charge in [-0.05, 0) is 31.4 Å². The summed E-state index contributed by atoms with van der Waals surface area (Å²) >= 11 is 3.50. The zero-order valence-electron chi connectivity index (χ0n) is 10.3. The molecule has 0 bridgehead atoms. The average Bonchev–Trinajstić information content (AvgIpc) is 2.78. The van der Waals surface area contributed by atoms with Gasteiger partial charge in [0.15, 0.2) is 0 Å². The third-order valence-electron chi connectivity index (χ3n) is 3.16. The summed E-state index contributed by atoms with van der Waals surface area (Å²) in [6, 6.07) is 3.37. The highest BCUT2D eigenvalue weighted by atomic mass is 79.9. The Labute approximate surface area is 117 Å². The van der Waals surface area contributed by atoms with Gasteiger partial charge in [-0.3, -0.25) is 4.98 Å². The highest BCUT2D eigenvalue weighted by molar-refractivity contribution is 9.09. The van der Waals surface area contributed by atoms with E-state index in [4.69, 9.17) is 0 Å². The van der Waals surface area contributed by atoms with E-state index in [-0.39, 0.29) is 6.04 Å². The van der Waals surface area contributed by atoms with Crippen LogP contribution in [-0.4, -0.2) is 35.1 Å². The molecule has 0 saturated carbocycles. The van der Waals surface area contributed by atoms with Crippen LogP contribution in [0.1, 0.15) is 26.2 Å². The average molecular weight is 333 g/mol. The first-order valence-corrected chi connectivity index (χ1v) is 8.43. The van der Waals surface area contributed by atoms with Crippen LogP contribution >= 0.6 is 15.9 Å². The molecule has 18 heavy (non-hydrogen) atoms. The van der Waals surface area contributed by atoms with Crippen LogP contribution in [0.3, 0.4) is 0 Å². The lowest BCUT2D eigenvalue weighted by atomic mass is 10.1. The van der Waals surface area contributed by atoms with E-state index >= 15 is 0 Å². The molecule has 1 aromatic rings. The number of nitrogens with zero attached hydrogens (tertiary/aromatic N) is 2. The molecule has 2 unspecified atom stereocenters. The minimum Gasteiger partial charge on any atom is -0.263 e. The summed E-state index contributed by atoms with van der Waals surface area (Å²) in [7, 11) is -3.38. The van der Waals surface area contributed by atoms with E-state index in [1.807, 2.05) is 6.92 Å². The molecule has 0 radical (unpaired) electrons. The Morgan fingerprint density at radius 2 is 2.39 bits per heavy atom. The Balaban J connectivity index is 2.24. The molecule has 1 fully saturated rings. The lowest BCUT2D eigenvalue weighted by Gasteiger charge is -2.24. The minimum atomic E-state index is -3.38. The third-order valence-corrected chi connectivity index (χ3v) is 5.47. The van der Waals surface area contributed by atoms with Crippen molar-refractivity contribution in [1.29, 1.82) is 0 Å². The van der Waals surface area contributed by atoms with Crippen molar-refractivity contribution in [3.05, 3.63) is 24.5 Å². The van der Waals surface area contributed by atoms with E-state index in [2.05, 4.69) is 20.9 Å². The summed E-state index contributed by atoms with van der Waals surface area (Å²) in [5.41, 5.74) is 0. The molecule has 0 spiro atoms. The van der Waals surface area contributed by atoms with Crippen molar-refractivity contribution < 1.29 is 8.42 Å². The van der Waals surface area contributed by atoms with E-state index in [9.17, 15) is 8.42 Å². The molecule has 6 heteroatoms. The molecule has 2 rings (SSSR count). The Hall–Kier alpha value is -0.460. The predicted molar refractivity (Wildman–Crippen MR) is 74.2 cm³/mol. The summed E-state index contributed by atoms with van der Waals surface area (Å²) in [5, 5.41) is 0. The lowest BCUT2D eigenvalue weighted by Crippen LogP contribution is -2.36. The van der Waals surface area contributed by atoms with Gasteiger partial charge in [0, 0.05) is 29.8 Å². The number of hydrogen-bond donors (Lipinski definition) is 0. The standard InChI is InChI=1S/C12H17BrN2O2S/c1-10(13)8-11-4-3-7-15(11)18(16,17)12-5-2-6-14-9-12/h2,5-6,9-11H,3-4,7-8H2,1H3. The van der Waals surface area contributed by atoms with Crippen LogP contribution in [0, 0.1) is 0 Å². The van der Waals surface area contributed by atoms with E-state index in [0.29, 0.717) is 16.3 Å². The minimum absolute atomic E-state index is 0.101. The molecule has 100 valence electrons. The van der Waals surface area contributed by atoms with Crippen molar-refractivity contribution in [2.75, 3.05) is 6.54 Å². The van der Waals surface area contributed by atoms with Crippen molar-refractivity contribution in [3.8, 4) is 0 Å². The van der Waals surface area contributed by atoms with Gasteiger partial charge >= 0.3 is 0 Å². The van der Waals surface area contributed by atoms with Crippen molar-refractivity contribution in [2.24, 2.45) is 0 Å². The van der Waals surface area contributed by atoms with Crippen molar-refractivity contribution in [1.82, 2.24) is 9.29 Å². The van der Waals surface area contributed by atoms with Gasteiger partial charge in [0.25, 0.3) is 0 Å². The second-order valence-corrected chi connectivity index (χ2v) is 8.07. The van der Waals surface area contributed by atoms with Gasteiger partial charge in [-0.25, -0.2) is 8.42 Å². The molecule has 0 aromatic carbocycles. The normalized spacial score (nSPS) is 23.1. The van der Waals surface area contributed by atoms with Crippen LogP contribution in [0.2, 0.25) is 0 Å². The topological polar surface area (TPSA) is 50.3 Å². The van der Waals surface area contributed by atoms with Gasteiger partial charge in [0.05, 0.1) is 0 Å². The van der Waals surface area contributed by atoms with Crippen LogP contribution in [0.5, 0.6) is 0 Å². The van der Waals surface area contributed by atoms with Crippen LogP contribution in [0.4, 0.5) is 0 Å². The van der Waals surface area contributed by atoms with E-state index in [1.165, 1.54) is 6.20 Å². The first-order valence-electron chi connectivity index (χ1n) is 6.08. The summed E-state index contributed by atoms with van der Waals surface area (Å²) in [5.74, 6) is 0. The fraction of sp³-hybridized carbons (Fsp3) is 0.583. The number of rotatable bonds is 4. The summed E-state index contributed by atoms with van der Waals surface area (Å²) in [4.78, 5) is 4.51. The van der Waals surface area contributed by atoms with E-state index < -0.39 is 10.0 Å². The Bertz CT molecular complexity index is 490. The zero-order chi connectivity index (χ0) is 13.2. The first-order chi connectivity index (χ1) is 8.51. The van der Waals surface area contributed by atoms with Crippen LogP contribution in [-0.2, 0) is 10.0 Å². The van der Waals surface area contributed by atoms with Crippen molar-refractivity contribution in [3.63, 3.8) is 0 Å². The molecule has 0 aliphatic carbocycles. The van der Waals surface area contributed by atoms with Crippen molar-refractivity contribution >= 4 is 26.0 Å². The van der Waals surface area contributed by atoms with Gasteiger partial charge in [-0.15, -0.1) is 0 Å². The van der Waals surface area contributed by atoms with Crippen LogP contribution < -0.4 is 0 Å². The highest BCUT2D eigenvalue weighted by Crippen LogP contribution is 2.29. The predicted octanol–water partition coefficient (Wildman–Crippen LogP) is 2.41. The Kier molecular flexibility index (Phi) is 4.40. The van der Waals surface area contributed by atoms with Gasteiger partial charge in [0.2, 0.25) is 10.0 Å². The molecule has 1 saturated heterocycles. The molecule has 2 atom stereocenters. The van der Waals surface area contributed by atoms with Crippen molar-refractivity contribution in [2.45, 2.75) is 42.0 Å². The van der Waals surface area contributed by atoms with Gasteiger partial charge in [0.1, 0.15) is 4.90 Å². The van der Waals surface area contributed by atoms with Gasteiger partial charge < -0.3 is 0 Å².